The van der Waals surface area contributed by atoms with Gasteiger partial charge in [-0.2, -0.15) is 5.26 Å². The molecule has 1 aromatic heterocycles. The lowest BCUT2D eigenvalue weighted by Crippen LogP contribution is -2.37. The van der Waals surface area contributed by atoms with Gasteiger partial charge in [0.15, 0.2) is 10.4 Å². The maximum absolute atomic E-state index is 12.2. The van der Waals surface area contributed by atoms with Crippen LogP contribution < -0.4 is 0 Å². The van der Waals surface area contributed by atoms with Gasteiger partial charge in [0.2, 0.25) is 5.91 Å². The van der Waals surface area contributed by atoms with Crippen LogP contribution in [0.15, 0.2) is 21.2 Å². The number of nitriles is 1. The smallest absolute Gasteiger partial charge is 0.289 e. The molecule has 0 radical (unpaired) electrons. The molecule has 0 unspecified atom stereocenters. The highest BCUT2D eigenvalue weighted by Gasteiger charge is 2.24. The Labute approximate surface area is 125 Å². The molecule has 2 rings (SSSR count). The van der Waals surface area contributed by atoms with Gasteiger partial charge in [-0.3, -0.25) is 9.59 Å². The van der Waals surface area contributed by atoms with Crippen molar-refractivity contribution >= 4 is 27.7 Å². The number of carbonyl (C=O) groups is 2. The highest BCUT2D eigenvalue weighted by atomic mass is 79.9. The van der Waals surface area contributed by atoms with Crippen LogP contribution in [0.1, 0.15) is 23.4 Å². The van der Waals surface area contributed by atoms with Crippen molar-refractivity contribution in [2.75, 3.05) is 26.2 Å². The van der Waals surface area contributed by atoms with Gasteiger partial charge >= 0.3 is 0 Å². The summed E-state index contributed by atoms with van der Waals surface area (Å²) in [7, 11) is 0. The van der Waals surface area contributed by atoms with Crippen LogP contribution in [0.5, 0.6) is 0 Å². The summed E-state index contributed by atoms with van der Waals surface area (Å²) in [6.07, 6.45) is 0.587. The van der Waals surface area contributed by atoms with E-state index in [4.69, 9.17) is 9.68 Å². The Morgan fingerprint density at radius 2 is 1.95 bits per heavy atom. The van der Waals surface area contributed by atoms with Crippen molar-refractivity contribution in [2.45, 2.75) is 12.8 Å². The molecule has 0 atom stereocenters. The van der Waals surface area contributed by atoms with E-state index in [1.807, 2.05) is 6.07 Å². The van der Waals surface area contributed by atoms with Gasteiger partial charge in [0, 0.05) is 26.2 Å². The number of hydrogen-bond acceptors (Lipinski definition) is 4. The van der Waals surface area contributed by atoms with Crippen LogP contribution in [-0.2, 0) is 4.79 Å². The minimum absolute atomic E-state index is 0.112. The van der Waals surface area contributed by atoms with Crippen molar-refractivity contribution in [3.8, 4) is 6.07 Å². The molecule has 2 amide bonds. The topological polar surface area (TPSA) is 77.5 Å². The van der Waals surface area contributed by atoms with Gasteiger partial charge < -0.3 is 14.2 Å². The number of nitrogens with zero attached hydrogens (tertiary/aromatic N) is 3. The second-order valence-electron chi connectivity index (χ2n) is 4.47. The van der Waals surface area contributed by atoms with Crippen LogP contribution in [0.2, 0.25) is 0 Å². The summed E-state index contributed by atoms with van der Waals surface area (Å²) >= 11 is 3.16. The number of amides is 2. The Bertz CT molecular complexity index is 549. The third-order valence-electron chi connectivity index (χ3n) is 3.15. The van der Waals surface area contributed by atoms with E-state index < -0.39 is 0 Å². The summed E-state index contributed by atoms with van der Waals surface area (Å²) in [6.45, 7) is 2.06. The van der Waals surface area contributed by atoms with E-state index >= 15 is 0 Å². The third kappa shape index (κ3) is 3.39. The monoisotopic (exact) mass is 339 g/mol. The molecule has 0 aromatic carbocycles. The quantitative estimate of drug-likeness (QED) is 0.820. The van der Waals surface area contributed by atoms with Gasteiger partial charge in [-0.1, -0.05) is 0 Å². The van der Waals surface area contributed by atoms with Crippen molar-refractivity contribution in [1.29, 1.82) is 5.26 Å². The van der Waals surface area contributed by atoms with E-state index in [0.29, 0.717) is 37.3 Å². The molecule has 1 aliphatic heterocycles. The van der Waals surface area contributed by atoms with Crippen molar-refractivity contribution in [3.63, 3.8) is 0 Å². The fourth-order valence-electron chi connectivity index (χ4n) is 2.13. The third-order valence-corrected chi connectivity index (χ3v) is 3.58. The molecule has 2 heterocycles. The Hall–Kier alpha value is -1.81. The predicted molar refractivity (Wildman–Crippen MR) is 73.7 cm³/mol. The van der Waals surface area contributed by atoms with Crippen molar-refractivity contribution in [3.05, 3.63) is 22.6 Å². The summed E-state index contributed by atoms with van der Waals surface area (Å²) < 4.78 is 5.77. The van der Waals surface area contributed by atoms with Gasteiger partial charge in [0.1, 0.15) is 6.42 Å². The molecule has 0 bridgehead atoms. The summed E-state index contributed by atoms with van der Waals surface area (Å²) in [6, 6.07) is 5.15. The summed E-state index contributed by atoms with van der Waals surface area (Å²) in [4.78, 5) is 27.2. The molecular weight excluding hydrogens is 326 g/mol. The van der Waals surface area contributed by atoms with Gasteiger partial charge in [-0.15, -0.1) is 0 Å². The van der Waals surface area contributed by atoms with Crippen molar-refractivity contribution < 1.29 is 14.0 Å². The Kier molecular flexibility index (Phi) is 4.79. The van der Waals surface area contributed by atoms with Crippen LogP contribution in [0, 0.1) is 11.3 Å². The van der Waals surface area contributed by atoms with E-state index in [0.717, 1.165) is 0 Å². The highest BCUT2D eigenvalue weighted by Crippen LogP contribution is 2.17. The number of furan rings is 1. The molecule has 0 spiro atoms. The largest absolute Gasteiger partial charge is 0.444 e. The Morgan fingerprint density at radius 3 is 2.60 bits per heavy atom. The lowest BCUT2D eigenvalue weighted by molar-refractivity contribution is -0.129. The molecule has 0 N–H and O–H groups in total. The second kappa shape index (κ2) is 6.57. The van der Waals surface area contributed by atoms with E-state index in [2.05, 4.69) is 15.9 Å². The zero-order chi connectivity index (χ0) is 14.5. The fraction of sp³-hybridized carbons (Fsp3) is 0.462. The molecule has 1 fully saturated rings. The maximum Gasteiger partial charge on any atom is 0.289 e. The normalized spacial score (nSPS) is 15.6. The molecule has 1 saturated heterocycles. The first-order chi connectivity index (χ1) is 9.61. The minimum Gasteiger partial charge on any atom is -0.444 e. The van der Waals surface area contributed by atoms with E-state index in [-0.39, 0.29) is 24.0 Å². The molecule has 7 heteroatoms. The van der Waals surface area contributed by atoms with Crippen molar-refractivity contribution in [1.82, 2.24) is 9.80 Å². The van der Waals surface area contributed by atoms with Crippen LogP contribution in [-0.4, -0.2) is 47.8 Å². The molecule has 6 nitrogen and oxygen atoms in total. The first kappa shape index (κ1) is 14.6. The SMILES string of the molecule is N#CCC(=O)N1CCCN(C(=O)c2ccc(Br)o2)CC1. The zero-order valence-electron chi connectivity index (χ0n) is 10.8. The minimum atomic E-state index is -0.178. The Balaban J connectivity index is 1.97. The molecule has 0 aliphatic carbocycles. The maximum atomic E-state index is 12.2. The lowest BCUT2D eigenvalue weighted by atomic mass is 10.3. The fourth-order valence-corrected chi connectivity index (χ4v) is 2.44. The highest BCUT2D eigenvalue weighted by molar-refractivity contribution is 9.10. The first-order valence-electron chi connectivity index (χ1n) is 6.31. The van der Waals surface area contributed by atoms with Gasteiger partial charge in [-0.25, -0.2) is 0 Å². The molecular formula is C13H14BrN3O3. The van der Waals surface area contributed by atoms with Crippen LogP contribution in [0.25, 0.3) is 0 Å². The predicted octanol–water partition coefficient (Wildman–Crippen LogP) is 1.63. The van der Waals surface area contributed by atoms with Crippen LogP contribution in [0.3, 0.4) is 0 Å². The van der Waals surface area contributed by atoms with E-state index in [1.54, 1.807) is 21.9 Å². The molecule has 106 valence electrons. The van der Waals surface area contributed by atoms with Crippen LogP contribution in [0.4, 0.5) is 0 Å². The van der Waals surface area contributed by atoms with E-state index in [1.165, 1.54) is 0 Å². The summed E-state index contributed by atoms with van der Waals surface area (Å²) in [5, 5.41) is 8.55. The van der Waals surface area contributed by atoms with Crippen LogP contribution >= 0.6 is 15.9 Å². The number of hydrogen-bond donors (Lipinski definition) is 0. The molecule has 1 aliphatic rings. The van der Waals surface area contributed by atoms with Gasteiger partial charge in [0.25, 0.3) is 5.91 Å². The summed E-state index contributed by atoms with van der Waals surface area (Å²) in [5.74, 6) is -0.0681. The van der Waals surface area contributed by atoms with Crippen molar-refractivity contribution in [2.24, 2.45) is 0 Å². The number of halogens is 1. The number of carbonyl (C=O) groups excluding carboxylic acids is 2. The van der Waals surface area contributed by atoms with Gasteiger partial charge in [0.05, 0.1) is 6.07 Å². The lowest BCUT2D eigenvalue weighted by Gasteiger charge is -2.20. The molecule has 1 aromatic rings. The summed E-state index contributed by atoms with van der Waals surface area (Å²) in [5.41, 5.74) is 0. The average Bonchev–Trinajstić information content (AvgIpc) is 2.72. The standard InChI is InChI=1S/C13H14BrN3O3/c14-11-3-2-10(20-11)13(19)17-7-1-6-16(8-9-17)12(18)4-5-15/h2-3H,1,4,6-9H2. The average molecular weight is 340 g/mol. The molecule has 20 heavy (non-hydrogen) atoms. The number of rotatable bonds is 2. The second-order valence-corrected chi connectivity index (χ2v) is 5.25. The van der Waals surface area contributed by atoms with Gasteiger partial charge in [-0.05, 0) is 34.5 Å². The first-order valence-corrected chi connectivity index (χ1v) is 7.10. The van der Waals surface area contributed by atoms with E-state index in [9.17, 15) is 9.59 Å². The molecule has 0 saturated carbocycles. The Morgan fingerprint density at radius 1 is 1.25 bits per heavy atom. The zero-order valence-corrected chi connectivity index (χ0v) is 12.4.